The molecule has 0 bridgehead atoms. The maximum absolute atomic E-state index is 12.1. The summed E-state index contributed by atoms with van der Waals surface area (Å²) >= 11 is 0. The van der Waals surface area contributed by atoms with Crippen molar-refractivity contribution in [3.05, 3.63) is 77.7 Å². The molecule has 0 saturated carbocycles. The number of aromatic nitrogens is 3. The van der Waals surface area contributed by atoms with Gasteiger partial charge in [0.05, 0.1) is 11.2 Å². The second kappa shape index (κ2) is 11.8. The van der Waals surface area contributed by atoms with Gasteiger partial charge in [0.25, 0.3) is 0 Å². The van der Waals surface area contributed by atoms with Crippen molar-refractivity contribution in [3.63, 3.8) is 0 Å². The van der Waals surface area contributed by atoms with E-state index in [2.05, 4.69) is 85.7 Å². The fourth-order valence-corrected chi connectivity index (χ4v) is 5.38. The van der Waals surface area contributed by atoms with Gasteiger partial charge in [-0.15, -0.1) is 18.1 Å². The highest BCUT2D eigenvalue weighted by atomic mass is 28.4. The number of aryl methyl sites for hydroxylation is 1. The zero-order chi connectivity index (χ0) is 30.0. The highest BCUT2D eigenvalue weighted by Crippen LogP contribution is 2.36. The van der Waals surface area contributed by atoms with E-state index in [4.69, 9.17) is 9.16 Å². The fraction of sp³-hybridized carbons (Fsp3) is 0.424. The molecule has 2 aromatic heterocycles. The lowest BCUT2D eigenvalue weighted by Gasteiger charge is -2.48. The Labute approximate surface area is 245 Å². The van der Waals surface area contributed by atoms with Crippen LogP contribution in [0.5, 0.6) is 0 Å². The Balaban J connectivity index is 1.47. The van der Waals surface area contributed by atoms with Crippen molar-refractivity contribution in [3.8, 4) is 22.4 Å². The fourth-order valence-electron chi connectivity index (χ4n) is 4.34. The molecule has 8 heteroatoms. The van der Waals surface area contributed by atoms with Gasteiger partial charge in [-0.1, -0.05) is 57.2 Å². The Kier molecular flexibility index (Phi) is 8.75. The number of carbonyl (C=O) groups excluding carboxylic acids is 1. The van der Waals surface area contributed by atoms with E-state index >= 15 is 0 Å². The van der Waals surface area contributed by atoms with Crippen LogP contribution in [0.25, 0.3) is 27.9 Å². The molecule has 0 unspecified atom stereocenters. The van der Waals surface area contributed by atoms with Crippen molar-refractivity contribution in [2.45, 2.75) is 85.2 Å². The highest BCUT2D eigenvalue weighted by molar-refractivity contribution is 6.74. The molecular weight excluding hydrogens is 528 g/mol. The van der Waals surface area contributed by atoms with Crippen LogP contribution >= 0.6 is 0 Å². The minimum atomic E-state index is -1.74. The molecule has 219 valence electrons. The van der Waals surface area contributed by atoms with Gasteiger partial charge in [-0.3, -0.25) is 0 Å². The third kappa shape index (κ3) is 7.62. The number of hydrogen-bond donors (Lipinski definition) is 1. The molecule has 0 fully saturated rings. The first-order valence-corrected chi connectivity index (χ1v) is 17.2. The summed E-state index contributed by atoms with van der Waals surface area (Å²) < 4.78 is 13.6. The van der Waals surface area contributed by atoms with Gasteiger partial charge in [0.2, 0.25) is 0 Å². The zero-order valence-corrected chi connectivity index (χ0v) is 27.0. The number of carbonyl (C=O) groups is 1. The lowest BCUT2D eigenvalue weighted by atomic mass is 10.0. The van der Waals surface area contributed by atoms with Crippen LogP contribution in [0, 0.1) is 6.92 Å². The molecule has 4 aromatic rings. The van der Waals surface area contributed by atoms with Crippen molar-refractivity contribution in [2.75, 3.05) is 6.61 Å². The van der Waals surface area contributed by atoms with Crippen LogP contribution < -0.4 is 5.32 Å². The van der Waals surface area contributed by atoms with E-state index < -0.39 is 20.0 Å². The third-order valence-corrected chi connectivity index (χ3v) is 12.3. The maximum Gasteiger partial charge on any atom is 0.407 e. The molecule has 1 amide bonds. The first-order valence-electron chi connectivity index (χ1n) is 14.3. The number of benzene rings is 2. The predicted molar refractivity (Wildman–Crippen MR) is 169 cm³/mol. The van der Waals surface area contributed by atoms with E-state index in [1.54, 1.807) is 6.33 Å². The summed E-state index contributed by atoms with van der Waals surface area (Å²) in [6.07, 6.45) is 4.11. The van der Waals surface area contributed by atoms with Gasteiger partial charge in [0.1, 0.15) is 11.9 Å². The summed E-state index contributed by atoms with van der Waals surface area (Å²) in [4.78, 5) is 16.7. The summed E-state index contributed by atoms with van der Waals surface area (Å²) in [6, 6.07) is 17.0. The second-order valence-corrected chi connectivity index (χ2v) is 18.0. The second-order valence-electron chi connectivity index (χ2n) is 13.2. The van der Waals surface area contributed by atoms with Crippen LogP contribution in [-0.2, 0) is 22.1 Å². The Hall–Kier alpha value is -3.49. The van der Waals surface area contributed by atoms with E-state index in [0.29, 0.717) is 6.54 Å². The van der Waals surface area contributed by atoms with Gasteiger partial charge >= 0.3 is 6.09 Å². The van der Waals surface area contributed by atoms with E-state index in [1.807, 2.05) is 50.5 Å². The number of amides is 1. The lowest BCUT2D eigenvalue weighted by molar-refractivity contribution is 0.0523. The number of nitrogens with one attached hydrogen (secondary N) is 1. The molecule has 0 spiro atoms. The average Bonchev–Trinajstić information content (AvgIpc) is 3.31. The van der Waals surface area contributed by atoms with Crippen LogP contribution in [0.2, 0.25) is 18.1 Å². The largest absolute Gasteiger partial charge is 0.564 e. The van der Waals surface area contributed by atoms with Crippen LogP contribution in [0.1, 0.15) is 58.2 Å². The van der Waals surface area contributed by atoms with Gasteiger partial charge in [0.15, 0.2) is 0 Å². The first-order chi connectivity index (χ1) is 19.1. The minimum absolute atomic E-state index is 0.218. The van der Waals surface area contributed by atoms with Crippen molar-refractivity contribution in [1.29, 1.82) is 0 Å². The number of rotatable bonds is 8. The molecule has 7 nitrogen and oxygen atoms in total. The summed E-state index contributed by atoms with van der Waals surface area (Å²) in [7, 11) is -1.74. The minimum Gasteiger partial charge on any atom is -0.564 e. The Morgan fingerprint density at radius 1 is 0.951 bits per heavy atom. The average molecular weight is 573 g/mol. The van der Waals surface area contributed by atoms with Crippen LogP contribution in [0.4, 0.5) is 4.79 Å². The normalized spacial score (nSPS) is 12.5. The van der Waals surface area contributed by atoms with Crippen molar-refractivity contribution in [1.82, 2.24) is 19.9 Å². The number of ether oxygens (including phenoxy) is 1. The standard InChI is InChI=1S/C33H44N4O3Si/c1-23-18-26(14-15-27(23)20-34-31(38)40-32(2,3)4)30-29-19-28(21-37(29)36-22-35-30)25-12-10-24(11-13-25)16-17-39-41(8,9)33(5,6)7/h10-15,18-19,21-22H,16-17,20H2,1-9H3,(H,34,38)/q-1. The van der Waals surface area contributed by atoms with Gasteiger partial charge < -0.3 is 14.5 Å². The van der Waals surface area contributed by atoms with E-state index in [0.717, 1.165) is 52.1 Å². The molecule has 2 aromatic carbocycles. The van der Waals surface area contributed by atoms with Crippen LogP contribution in [0.15, 0.2) is 61.1 Å². The number of hydrogen-bond acceptors (Lipinski definition) is 5. The molecular formula is C33H44N4O3Si-. The van der Waals surface area contributed by atoms with Gasteiger partial charge in [0, 0.05) is 30.5 Å². The topological polar surface area (TPSA) is 77.8 Å². The quantitative estimate of drug-likeness (QED) is 0.217. The molecule has 0 saturated heterocycles. The highest BCUT2D eigenvalue weighted by Gasteiger charge is 2.24. The van der Waals surface area contributed by atoms with E-state index in [9.17, 15) is 4.79 Å². The molecule has 4 rings (SSSR count). The third-order valence-electron chi connectivity index (χ3n) is 7.79. The number of alkyl carbamates (subject to hydrolysis) is 1. The molecule has 41 heavy (non-hydrogen) atoms. The molecule has 0 aliphatic rings. The van der Waals surface area contributed by atoms with Gasteiger partial charge in [-0.25, -0.2) is 14.3 Å². The van der Waals surface area contributed by atoms with Gasteiger partial charge in [-0.05, 0) is 76.8 Å². The van der Waals surface area contributed by atoms with Crippen molar-refractivity contribution < 1.29 is 14.0 Å². The zero-order valence-electron chi connectivity index (χ0n) is 26.0. The van der Waals surface area contributed by atoms with Crippen LogP contribution in [-0.4, -0.2) is 41.2 Å². The summed E-state index contributed by atoms with van der Waals surface area (Å²) in [5, 5.41) is 7.52. The molecule has 0 radical (unpaired) electrons. The Bertz CT molecular complexity index is 1510. The Morgan fingerprint density at radius 2 is 1.63 bits per heavy atom. The van der Waals surface area contributed by atoms with E-state index in [-0.39, 0.29) is 5.04 Å². The summed E-state index contributed by atoms with van der Waals surface area (Å²) in [5.41, 5.74) is 7.85. The predicted octanol–water partition coefficient (Wildman–Crippen LogP) is 7.96. The summed E-state index contributed by atoms with van der Waals surface area (Å²) in [6.45, 7) is 20.1. The van der Waals surface area contributed by atoms with Crippen molar-refractivity contribution in [2.24, 2.45) is 0 Å². The summed E-state index contributed by atoms with van der Waals surface area (Å²) in [5.74, 6) is 0. The lowest BCUT2D eigenvalue weighted by Crippen LogP contribution is -2.41. The SMILES string of the molecule is Cc1cc(-c2ncnn3cc(-c4ccc(CCO[Si-](C)(C)C(C)(C)C)cc4)cc23)ccc1CNC(=O)OC(C)(C)C. The van der Waals surface area contributed by atoms with Crippen molar-refractivity contribution >= 4 is 19.9 Å². The number of nitrogens with zero attached hydrogens (tertiary/aromatic N) is 3. The monoisotopic (exact) mass is 572 g/mol. The molecule has 0 atom stereocenters. The maximum atomic E-state index is 12.1. The molecule has 1 N–H and O–H groups in total. The molecule has 0 aliphatic carbocycles. The van der Waals surface area contributed by atoms with Gasteiger partial charge in [-0.2, -0.15) is 5.10 Å². The molecule has 0 aliphatic heterocycles. The van der Waals surface area contributed by atoms with E-state index in [1.165, 1.54) is 5.56 Å². The smallest absolute Gasteiger partial charge is 0.407 e. The molecule has 2 heterocycles. The Morgan fingerprint density at radius 3 is 2.27 bits per heavy atom. The van der Waals surface area contributed by atoms with Crippen LogP contribution in [0.3, 0.4) is 0 Å². The first kappa shape index (κ1) is 30.5. The number of fused-ring (bicyclic) bond motifs is 1.